The number of ether oxygens (including phenoxy) is 1. The number of hydrogen-bond acceptors (Lipinski definition) is 5. The molecule has 0 bridgehead atoms. The summed E-state index contributed by atoms with van der Waals surface area (Å²) < 4.78 is 48.5. The average molecular weight is 618 g/mol. The Kier molecular flexibility index (Phi) is 11.8. The third-order valence-corrected chi connectivity index (χ3v) is 8.79. The predicted octanol–water partition coefficient (Wildman–Crippen LogP) is 5.80. The fraction of sp³-hybridized carbons (Fsp3) is 0.355. The van der Waals surface area contributed by atoms with Crippen LogP contribution in [0.4, 0.5) is 10.1 Å². The number of benzene rings is 3. The number of nitrogens with zero attached hydrogens (tertiary/aromatic N) is 2. The summed E-state index contributed by atoms with van der Waals surface area (Å²) in [7, 11) is -4.30. The monoisotopic (exact) mass is 617 g/mol. The lowest BCUT2D eigenvalue weighted by molar-refractivity contribution is -0.140. The number of carbonyl (C=O) groups is 2. The van der Waals surface area contributed by atoms with Gasteiger partial charge in [-0.1, -0.05) is 49.7 Å². The Morgan fingerprint density at radius 2 is 1.60 bits per heavy atom. The molecule has 0 saturated heterocycles. The molecule has 0 heterocycles. The summed E-state index contributed by atoms with van der Waals surface area (Å²) in [6.45, 7) is 6.95. The van der Waals surface area contributed by atoms with Gasteiger partial charge in [0.1, 0.15) is 24.2 Å². The molecule has 0 aromatic heterocycles. The van der Waals surface area contributed by atoms with E-state index in [1.807, 2.05) is 13.8 Å². The van der Waals surface area contributed by atoms with Crippen LogP contribution in [0, 0.1) is 5.82 Å². The molecule has 3 aromatic rings. The van der Waals surface area contributed by atoms with Crippen LogP contribution in [0.5, 0.6) is 5.75 Å². The highest BCUT2D eigenvalue weighted by Gasteiger charge is 2.35. The molecule has 0 aliphatic rings. The summed E-state index contributed by atoms with van der Waals surface area (Å²) in [5.74, 6) is -1.14. The van der Waals surface area contributed by atoms with Crippen LogP contribution in [0.1, 0.15) is 46.1 Å². The summed E-state index contributed by atoms with van der Waals surface area (Å²) in [6.07, 6.45) is 0.962. The molecule has 0 saturated carbocycles. The molecular formula is C31H37ClFN3O5S. The first-order valence-electron chi connectivity index (χ1n) is 13.9. The minimum absolute atomic E-state index is 0.0342. The highest BCUT2D eigenvalue weighted by Crippen LogP contribution is 2.33. The highest BCUT2D eigenvalue weighted by atomic mass is 35.5. The fourth-order valence-electron chi connectivity index (χ4n) is 4.33. The van der Waals surface area contributed by atoms with E-state index in [4.69, 9.17) is 16.3 Å². The van der Waals surface area contributed by atoms with Gasteiger partial charge in [-0.15, -0.1) is 0 Å². The van der Waals surface area contributed by atoms with Crippen molar-refractivity contribution >= 4 is 39.1 Å². The zero-order valence-electron chi connectivity index (χ0n) is 24.2. The third kappa shape index (κ3) is 8.23. The molecule has 2 atom stereocenters. The molecule has 0 spiro atoms. The molecular weight excluding hydrogens is 581 g/mol. The first-order valence-corrected chi connectivity index (χ1v) is 15.7. The second-order valence-corrected chi connectivity index (χ2v) is 12.1. The van der Waals surface area contributed by atoms with Gasteiger partial charge >= 0.3 is 0 Å². The van der Waals surface area contributed by atoms with E-state index in [9.17, 15) is 22.4 Å². The van der Waals surface area contributed by atoms with E-state index >= 15 is 0 Å². The number of nitrogens with one attached hydrogen (secondary N) is 1. The largest absolute Gasteiger partial charge is 0.492 e. The van der Waals surface area contributed by atoms with E-state index < -0.39 is 34.3 Å². The van der Waals surface area contributed by atoms with E-state index in [-0.39, 0.29) is 47.9 Å². The SMILES string of the molecule is CCOc1ccccc1N(CC(=O)N(Cc1ccc(F)cc1)[C@H](CC)C(=O)N[C@H](C)CC)S(=O)(=O)c1ccc(Cl)cc1. The molecule has 11 heteroatoms. The van der Waals surface area contributed by atoms with Crippen molar-refractivity contribution in [2.45, 2.75) is 64.1 Å². The molecule has 3 rings (SSSR count). The molecule has 0 aliphatic heterocycles. The van der Waals surface area contributed by atoms with Crippen molar-refractivity contribution in [2.75, 3.05) is 17.5 Å². The quantitative estimate of drug-likeness (QED) is 0.247. The van der Waals surface area contributed by atoms with Crippen molar-refractivity contribution in [1.29, 1.82) is 0 Å². The van der Waals surface area contributed by atoms with E-state index in [0.717, 1.165) is 4.31 Å². The lowest BCUT2D eigenvalue weighted by Gasteiger charge is -2.34. The smallest absolute Gasteiger partial charge is 0.264 e. The van der Waals surface area contributed by atoms with Crippen molar-refractivity contribution in [3.8, 4) is 5.75 Å². The van der Waals surface area contributed by atoms with Crippen molar-refractivity contribution in [3.05, 3.63) is 89.2 Å². The first-order chi connectivity index (χ1) is 20.0. The van der Waals surface area contributed by atoms with Gasteiger partial charge in [-0.25, -0.2) is 12.8 Å². The van der Waals surface area contributed by atoms with Gasteiger partial charge in [-0.3, -0.25) is 13.9 Å². The molecule has 8 nitrogen and oxygen atoms in total. The lowest BCUT2D eigenvalue weighted by atomic mass is 10.1. The van der Waals surface area contributed by atoms with Crippen molar-refractivity contribution in [3.63, 3.8) is 0 Å². The number of anilines is 1. The normalized spacial score (nSPS) is 12.7. The van der Waals surface area contributed by atoms with Gasteiger partial charge in [0.05, 0.1) is 17.2 Å². The second kappa shape index (κ2) is 15.0. The van der Waals surface area contributed by atoms with Crippen LogP contribution in [0.15, 0.2) is 77.7 Å². The highest BCUT2D eigenvalue weighted by molar-refractivity contribution is 7.92. The van der Waals surface area contributed by atoms with Crippen LogP contribution < -0.4 is 14.4 Å². The summed E-state index contributed by atoms with van der Waals surface area (Å²) in [5.41, 5.74) is 0.753. The molecule has 0 aliphatic carbocycles. The van der Waals surface area contributed by atoms with Crippen molar-refractivity contribution in [1.82, 2.24) is 10.2 Å². The summed E-state index contributed by atoms with van der Waals surface area (Å²) in [6, 6.07) is 16.7. The van der Waals surface area contributed by atoms with Gasteiger partial charge in [0.15, 0.2) is 0 Å². The van der Waals surface area contributed by atoms with E-state index in [0.29, 0.717) is 17.0 Å². The Morgan fingerprint density at radius 1 is 0.952 bits per heavy atom. The molecule has 0 fully saturated rings. The zero-order chi connectivity index (χ0) is 30.9. The van der Waals surface area contributed by atoms with Gasteiger partial charge in [-0.05, 0) is 80.8 Å². The van der Waals surface area contributed by atoms with Gasteiger partial charge < -0.3 is 15.0 Å². The van der Waals surface area contributed by atoms with E-state index in [1.165, 1.54) is 53.4 Å². The number of amides is 2. The van der Waals surface area contributed by atoms with Gasteiger partial charge in [0, 0.05) is 17.6 Å². The molecule has 2 amide bonds. The molecule has 3 aromatic carbocycles. The minimum atomic E-state index is -4.30. The molecule has 1 N–H and O–H groups in total. The van der Waals surface area contributed by atoms with Gasteiger partial charge in [0.25, 0.3) is 10.0 Å². The van der Waals surface area contributed by atoms with Crippen LogP contribution in [0.25, 0.3) is 0 Å². The zero-order valence-corrected chi connectivity index (χ0v) is 25.8. The molecule has 0 radical (unpaired) electrons. The Hall–Kier alpha value is -3.63. The predicted molar refractivity (Wildman–Crippen MR) is 163 cm³/mol. The molecule has 226 valence electrons. The Bertz CT molecular complexity index is 1450. The number of rotatable bonds is 14. The molecule has 0 unspecified atom stereocenters. The van der Waals surface area contributed by atoms with Crippen LogP contribution in [-0.4, -0.2) is 50.4 Å². The Morgan fingerprint density at radius 3 is 2.19 bits per heavy atom. The maximum Gasteiger partial charge on any atom is 0.264 e. The van der Waals surface area contributed by atoms with E-state index in [2.05, 4.69) is 5.32 Å². The van der Waals surface area contributed by atoms with Crippen LogP contribution in [0.2, 0.25) is 5.02 Å². The van der Waals surface area contributed by atoms with Crippen LogP contribution in [-0.2, 0) is 26.2 Å². The number of carbonyl (C=O) groups excluding carboxylic acids is 2. The number of para-hydroxylation sites is 2. The second-order valence-electron chi connectivity index (χ2n) is 9.76. The van der Waals surface area contributed by atoms with E-state index in [1.54, 1.807) is 38.1 Å². The van der Waals surface area contributed by atoms with Crippen LogP contribution >= 0.6 is 11.6 Å². The lowest BCUT2D eigenvalue weighted by Crippen LogP contribution is -2.53. The van der Waals surface area contributed by atoms with Crippen LogP contribution in [0.3, 0.4) is 0 Å². The maximum atomic E-state index is 14.2. The number of sulfonamides is 1. The van der Waals surface area contributed by atoms with Crippen molar-refractivity contribution in [2.24, 2.45) is 0 Å². The van der Waals surface area contributed by atoms with Crippen molar-refractivity contribution < 1.29 is 27.1 Å². The average Bonchev–Trinajstić information content (AvgIpc) is 2.97. The molecule has 42 heavy (non-hydrogen) atoms. The number of hydrogen-bond donors (Lipinski definition) is 1. The summed E-state index contributed by atoms with van der Waals surface area (Å²) in [4.78, 5) is 28.8. The first kappa shape index (κ1) is 32.9. The van der Waals surface area contributed by atoms with Gasteiger partial charge in [0.2, 0.25) is 11.8 Å². The van der Waals surface area contributed by atoms with Gasteiger partial charge in [-0.2, -0.15) is 0 Å². The fourth-order valence-corrected chi connectivity index (χ4v) is 5.89. The maximum absolute atomic E-state index is 14.2. The Labute approximate surface area is 252 Å². The number of halogens is 2. The minimum Gasteiger partial charge on any atom is -0.492 e. The Balaban J connectivity index is 2.10. The third-order valence-electron chi connectivity index (χ3n) is 6.77. The summed E-state index contributed by atoms with van der Waals surface area (Å²) >= 11 is 6.01. The summed E-state index contributed by atoms with van der Waals surface area (Å²) in [5, 5.41) is 3.28. The standard InChI is InChI=1S/C31H37ClFN3O5S/c1-5-22(4)34-31(38)27(6-2)35(20-23-12-16-25(33)17-13-23)30(37)21-36(28-10-8-9-11-29(28)41-7-3)42(39,40)26-18-14-24(32)15-19-26/h8-19,22,27H,5-7,20-21H2,1-4H3,(H,34,38)/t22-,27-/m1/s1. The topological polar surface area (TPSA) is 96.0 Å².